The topological polar surface area (TPSA) is 81.7 Å². The van der Waals surface area contributed by atoms with E-state index in [0.29, 0.717) is 18.3 Å². The molecule has 0 saturated carbocycles. The van der Waals surface area contributed by atoms with Crippen LogP contribution in [0.25, 0.3) is 5.82 Å². The summed E-state index contributed by atoms with van der Waals surface area (Å²) >= 11 is 0. The number of hydrogen-bond acceptors (Lipinski definition) is 6. The zero-order chi connectivity index (χ0) is 17.8. The molecular formula is C18H21N7O. The van der Waals surface area contributed by atoms with E-state index in [4.69, 9.17) is 0 Å². The Morgan fingerprint density at radius 1 is 1.12 bits per heavy atom. The molecule has 0 aliphatic carbocycles. The second-order valence-corrected chi connectivity index (χ2v) is 6.63. The van der Waals surface area contributed by atoms with Gasteiger partial charge in [0.25, 0.3) is 5.56 Å². The molecule has 1 fully saturated rings. The molecule has 1 aliphatic heterocycles. The fourth-order valence-electron chi connectivity index (χ4n) is 3.34. The average molecular weight is 351 g/mol. The minimum atomic E-state index is -0.0772. The lowest BCUT2D eigenvalue weighted by molar-refractivity contribution is 0.163. The third-order valence-corrected chi connectivity index (χ3v) is 4.77. The Morgan fingerprint density at radius 3 is 2.73 bits per heavy atom. The molecule has 8 nitrogen and oxygen atoms in total. The van der Waals surface area contributed by atoms with Gasteiger partial charge in [0, 0.05) is 31.5 Å². The quantitative estimate of drug-likeness (QED) is 0.685. The van der Waals surface area contributed by atoms with Crippen molar-refractivity contribution in [3.05, 3.63) is 65.2 Å². The molecule has 4 heterocycles. The van der Waals surface area contributed by atoms with Crippen molar-refractivity contribution in [1.82, 2.24) is 34.4 Å². The zero-order valence-corrected chi connectivity index (χ0v) is 14.5. The fraction of sp³-hybridized carbons (Fsp3) is 0.389. The first-order valence-corrected chi connectivity index (χ1v) is 8.82. The maximum absolute atomic E-state index is 12.2. The lowest BCUT2D eigenvalue weighted by Gasteiger charge is -2.31. The van der Waals surface area contributed by atoms with Crippen LogP contribution in [-0.2, 0) is 13.1 Å². The molecule has 4 rings (SSSR count). The van der Waals surface area contributed by atoms with Gasteiger partial charge in [0.2, 0.25) is 0 Å². The van der Waals surface area contributed by atoms with Crippen molar-refractivity contribution in [2.75, 3.05) is 13.1 Å². The summed E-state index contributed by atoms with van der Waals surface area (Å²) in [5, 5.41) is 8.51. The van der Waals surface area contributed by atoms with Gasteiger partial charge < -0.3 is 0 Å². The monoisotopic (exact) mass is 351 g/mol. The molecule has 1 saturated heterocycles. The maximum atomic E-state index is 12.2. The third-order valence-electron chi connectivity index (χ3n) is 4.77. The first-order chi connectivity index (χ1) is 12.8. The van der Waals surface area contributed by atoms with Gasteiger partial charge in [0.15, 0.2) is 5.82 Å². The molecule has 0 bridgehead atoms. The Morgan fingerprint density at radius 2 is 2.00 bits per heavy atom. The van der Waals surface area contributed by atoms with Gasteiger partial charge in [-0.05, 0) is 49.5 Å². The summed E-state index contributed by atoms with van der Waals surface area (Å²) in [6.07, 6.45) is 8.87. The minimum Gasteiger partial charge on any atom is -0.299 e. The number of piperidine rings is 1. The maximum Gasteiger partial charge on any atom is 0.266 e. The van der Waals surface area contributed by atoms with E-state index < -0.39 is 0 Å². The average Bonchev–Trinajstić information content (AvgIpc) is 3.21. The lowest BCUT2D eigenvalue weighted by atomic mass is 9.96. The number of pyridine rings is 1. The van der Waals surface area contributed by atoms with E-state index in [9.17, 15) is 4.79 Å². The van der Waals surface area contributed by atoms with Crippen LogP contribution < -0.4 is 5.56 Å². The van der Waals surface area contributed by atoms with Crippen molar-refractivity contribution in [3.8, 4) is 5.82 Å². The Balaban J connectivity index is 1.37. The van der Waals surface area contributed by atoms with Gasteiger partial charge in [-0.3, -0.25) is 14.7 Å². The van der Waals surface area contributed by atoms with Crippen molar-refractivity contribution < 1.29 is 0 Å². The van der Waals surface area contributed by atoms with Gasteiger partial charge >= 0.3 is 0 Å². The van der Waals surface area contributed by atoms with Crippen LogP contribution in [0.3, 0.4) is 0 Å². The number of hydrogen-bond donors (Lipinski definition) is 0. The molecule has 0 spiro atoms. The minimum absolute atomic E-state index is 0.0772. The highest BCUT2D eigenvalue weighted by molar-refractivity contribution is 5.16. The summed E-state index contributed by atoms with van der Waals surface area (Å²) in [5.74, 6) is 1.06. The van der Waals surface area contributed by atoms with E-state index in [-0.39, 0.29) is 5.56 Å². The standard InChI is InChI=1S/C18H21N7O/c26-18-4-3-17(25-14-20-13-21-25)22-24(18)12-15-5-8-23(9-6-15)11-16-2-1-7-19-10-16/h1-4,7,10,13-15H,5-6,8-9,11-12H2. The Bertz CT molecular complexity index is 883. The second kappa shape index (κ2) is 7.57. The molecule has 0 radical (unpaired) electrons. The highest BCUT2D eigenvalue weighted by atomic mass is 16.1. The normalized spacial score (nSPS) is 16.0. The van der Waals surface area contributed by atoms with Crippen LogP contribution in [0.1, 0.15) is 18.4 Å². The molecule has 0 N–H and O–H groups in total. The Hall–Kier alpha value is -2.87. The van der Waals surface area contributed by atoms with Crippen LogP contribution in [0.15, 0.2) is 54.1 Å². The zero-order valence-electron chi connectivity index (χ0n) is 14.5. The van der Waals surface area contributed by atoms with Crippen LogP contribution in [0.2, 0.25) is 0 Å². The van der Waals surface area contributed by atoms with Crippen molar-refractivity contribution in [2.24, 2.45) is 5.92 Å². The molecule has 0 aromatic carbocycles. The van der Waals surface area contributed by atoms with Crippen molar-refractivity contribution in [1.29, 1.82) is 0 Å². The lowest BCUT2D eigenvalue weighted by Crippen LogP contribution is -2.36. The van der Waals surface area contributed by atoms with Crippen LogP contribution >= 0.6 is 0 Å². The Kier molecular flexibility index (Phi) is 4.83. The summed E-state index contributed by atoms with van der Waals surface area (Å²) in [7, 11) is 0. The molecule has 0 amide bonds. The first-order valence-electron chi connectivity index (χ1n) is 8.82. The van der Waals surface area contributed by atoms with E-state index in [0.717, 1.165) is 32.5 Å². The second-order valence-electron chi connectivity index (χ2n) is 6.63. The van der Waals surface area contributed by atoms with Gasteiger partial charge in [0.05, 0.1) is 0 Å². The molecule has 26 heavy (non-hydrogen) atoms. The number of likely N-dealkylation sites (tertiary alicyclic amines) is 1. The molecule has 0 atom stereocenters. The summed E-state index contributed by atoms with van der Waals surface area (Å²) in [5.41, 5.74) is 1.16. The SMILES string of the molecule is O=c1ccc(-n2cncn2)nn1CC1CCN(Cc2cccnc2)CC1. The predicted octanol–water partition coefficient (Wildman–Crippen LogP) is 1.13. The highest BCUT2D eigenvalue weighted by Gasteiger charge is 2.20. The van der Waals surface area contributed by atoms with Crippen molar-refractivity contribution in [2.45, 2.75) is 25.9 Å². The van der Waals surface area contributed by atoms with E-state index in [1.165, 1.54) is 11.9 Å². The van der Waals surface area contributed by atoms with Crippen LogP contribution in [0, 0.1) is 5.92 Å². The highest BCUT2D eigenvalue weighted by Crippen LogP contribution is 2.20. The fourth-order valence-corrected chi connectivity index (χ4v) is 3.34. The van der Waals surface area contributed by atoms with E-state index in [2.05, 4.69) is 31.1 Å². The molecule has 1 aliphatic rings. The molecule has 0 unspecified atom stereocenters. The summed E-state index contributed by atoms with van der Waals surface area (Å²) in [6.45, 7) is 3.62. The molecule has 3 aromatic heterocycles. The van der Waals surface area contributed by atoms with Crippen molar-refractivity contribution in [3.63, 3.8) is 0 Å². The first kappa shape index (κ1) is 16.6. The summed E-state index contributed by atoms with van der Waals surface area (Å²) in [6, 6.07) is 7.30. The smallest absolute Gasteiger partial charge is 0.266 e. The van der Waals surface area contributed by atoms with Crippen LogP contribution in [0.5, 0.6) is 0 Å². The van der Waals surface area contributed by atoms with Crippen LogP contribution in [-0.4, -0.2) is 47.5 Å². The summed E-state index contributed by atoms with van der Waals surface area (Å²) < 4.78 is 3.12. The molecule has 3 aromatic rings. The molecule has 8 heteroatoms. The van der Waals surface area contributed by atoms with Crippen molar-refractivity contribution >= 4 is 0 Å². The van der Waals surface area contributed by atoms with Gasteiger partial charge in [-0.25, -0.2) is 14.3 Å². The predicted molar refractivity (Wildman–Crippen MR) is 95.7 cm³/mol. The van der Waals surface area contributed by atoms with E-state index in [1.807, 2.05) is 12.3 Å². The largest absolute Gasteiger partial charge is 0.299 e. The Labute approximate surface area is 151 Å². The number of aromatic nitrogens is 6. The number of nitrogens with zero attached hydrogens (tertiary/aromatic N) is 7. The van der Waals surface area contributed by atoms with E-state index >= 15 is 0 Å². The van der Waals surface area contributed by atoms with Gasteiger partial charge in [-0.15, -0.1) is 5.10 Å². The number of rotatable bonds is 5. The van der Waals surface area contributed by atoms with Gasteiger partial charge in [-0.2, -0.15) is 5.10 Å². The van der Waals surface area contributed by atoms with Gasteiger partial charge in [-0.1, -0.05) is 6.07 Å². The molecule has 134 valence electrons. The third kappa shape index (κ3) is 3.85. The summed E-state index contributed by atoms with van der Waals surface area (Å²) in [4.78, 5) is 22.7. The van der Waals surface area contributed by atoms with Crippen LogP contribution in [0.4, 0.5) is 0 Å². The van der Waals surface area contributed by atoms with E-state index in [1.54, 1.807) is 34.0 Å². The molecular weight excluding hydrogens is 330 g/mol. The van der Waals surface area contributed by atoms with Gasteiger partial charge in [0.1, 0.15) is 12.7 Å².